The number of nitrogens with zero attached hydrogens (tertiary/aromatic N) is 2. The van der Waals surface area contributed by atoms with E-state index in [4.69, 9.17) is 14.5 Å². The minimum Gasteiger partial charge on any atom is -0.494 e. The molecule has 6 nitrogen and oxygen atoms in total. The van der Waals surface area contributed by atoms with Gasteiger partial charge >= 0.3 is 0 Å². The summed E-state index contributed by atoms with van der Waals surface area (Å²) in [5, 5.41) is 5.09. The molecule has 0 saturated carbocycles. The second-order valence-corrected chi connectivity index (χ2v) is 9.52. The van der Waals surface area contributed by atoms with Gasteiger partial charge in [-0.25, -0.2) is 0 Å². The van der Waals surface area contributed by atoms with Crippen molar-refractivity contribution in [2.75, 3.05) is 39.1 Å². The molecule has 1 N–H and O–H groups in total. The number of aromatic nitrogens is 1. The van der Waals surface area contributed by atoms with Crippen LogP contribution in [0.1, 0.15) is 32.4 Å². The lowest BCUT2D eigenvalue weighted by molar-refractivity contribution is 0.0613. The molecule has 7 heteroatoms. The highest BCUT2D eigenvalue weighted by Crippen LogP contribution is 2.33. The zero-order chi connectivity index (χ0) is 23.0. The summed E-state index contributed by atoms with van der Waals surface area (Å²) < 4.78 is 13.0. The van der Waals surface area contributed by atoms with E-state index in [1.54, 1.807) is 17.7 Å². The number of unbranched alkanes of at least 4 members (excludes halogenated alkanes) is 1. The topological polar surface area (TPSA) is 64.8 Å². The van der Waals surface area contributed by atoms with Gasteiger partial charge in [-0.15, -0.1) is 11.8 Å². The number of pyridine rings is 1. The molecular weight excluding hydrogens is 434 g/mol. The smallest absolute Gasteiger partial charge is 0.253 e. The van der Waals surface area contributed by atoms with Crippen LogP contribution in [0, 0.1) is 0 Å². The molecule has 1 aliphatic heterocycles. The quantitative estimate of drug-likeness (QED) is 0.498. The minimum atomic E-state index is -0.336. The average molecular weight is 468 g/mol. The van der Waals surface area contributed by atoms with E-state index >= 15 is 0 Å². The second kappa shape index (κ2) is 11.7. The molecule has 2 unspecified atom stereocenters. The molecule has 0 spiro atoms. The van der Waals surface area contributed by atoms with Gasteiger partial charge in [0.1, 0.15) is 12.0 Å². The van der Waals surface area contributed by atoms with Crippen LogP contribution in [0.15, 0.2) is 63.9 Å². The number of ether oxygens (including phenoxy) is 2. The maximum absolute atomic E-state index is 12.3. The number of methoxy groups -OCH3 is 1. The molecule has 1 aromatic heterocycles. The van der Waals surface area contributed by atoms with Gasteiger partial charge in [0.25, 0.3) is 5.56 Å². The Morgan fingerprint density at radius 1 is 1.24 bits per heavy atom. The highest BCUT2D eigenvalue weighted by Gasteiger charge is 2.24. The molecule has 1 aliphatic carbocycles. The molecule has 2 atom stereocenters. The number of thioether (sulfide) groups is 1. The summed E-state index contributed by atoms with van der Waals surface area (Å²) in [6.45, 7) is 5.16. The van der Waals surface area contributed by atoms with E-state index in [0.717, 1.165) is 61.3 Å². The van der Waals surface area contributed by atoms with Crippen LogP contribution in [-0.2, 0) is 4.74 Å². The molecule has 2 heterocycles. The normalized spacial score (nSPS) is 19.6. The first-order chi connectivity index (χ1) is 16.2. The Balaban J connectivity index is 1.18. The summed E-state index contributed by atoms with van der Waals surface area (Å²) in [6, 6.07) is 9.27. The Hall–Kier alpha value is -2.35. The predicted molar refractivity (Wildman–Crippen MR) is 138 cm³/mol. The Labute approximate surface area is 199 Å². The number of benzene rings is 1. The van der Waals surface area contributed by atoms with Gasteiger partial charge in [-0.3, -0.25) is 14.4 Å². The van der Waals surface area contributed by atoms with Crippen LogP contribution in [0.4, 0.5) is 0 Å². The number of nitrogens with one attached hydrogen (secondary N) is 1. The van der Waals surface area contributed by atoms with Gasteiger partial charge in [0.2, 0.25) is 0 Å². The Morgan fingerprint density at radius 2 is 2.12 bits per heavy atom. The zero-order valence-electron chi connectivity index (χ0n) is 19.5. The SMILES string of the molecule is COC(C)n1c(=O)ccc2ccc(OCCCCNCCN=C3C=CCC4SCC=C34)cc21. The number of hydrogen-bond donors (Lipinski definition) is 1. The van der Waals surface area contributed by atoms with Crippen molar-refractivity contribution in [2.45, 2.75) is 37.7 Å². The van der Waals surface area contributed by atoms with Gasteiger partial charge < -0.3 is 14.8 Å². The molecule has 2 aromatic rings. The van der Waals surface area contributed by atoms with Gasteiger partial charge in [0.15, 0.2) is 0 Å². The molecule has 0 bridgehead atoms. The van der Waals surface area contributed by atoms with Crippen molar-refractivity contribution >= 4 is 28.4 Å². The fraction of sp³-hybridized carbons (Fsp3) is 0.462. The first-order valence-electron chi connectivity index (χ1n) is 11.7. The fourth-order valence-electron chi connectivity index (χ4n) is 4.21. The highest BCUT2D eigenvalue weighted by atomic mass is 32.2. The molecule has 2 aliphatic rings. The molecule has 0 fully saturated rings. The molecule has 176 valence electrons. The maximum atomic E-state index is 12.3. The van der Waals surface area contributed by atoms with E-state index in [1.165, 1.54) is 11.3 Å². The zero-order valence-corrected chi connectivity index (χ0v) is 20.3. The highest BCUT2D eigenvalue weighted by molar-refractivity contribution is 8.00. The van der Waals surface area contributed by atoms with Crippen molar-refractivity contribution in [1.29, 1.82) is 0 Å². The Bertz CT molecular complexity index is 1110. The number of allylic oxidation sites excluding steroid dienone is 2. The minimum absolute atomic E-state index is 0.0802. The van der Waals surface area contributed by atoms with Gasteiger partial charge in [0, 0.05) is 36.8 Å². The van der Waals surface area contributed by atoms with Crippen molar-refractivity contribution in [3.63, 3.8) is 0 Å². The Morgan fingerprint density at radius 3 is 3.00 bits per heavy atom. The summed E-state index contributed by atoms with van der Waals surface area (Å²) in [6.07, 6.45) is 9.56. The van der Waals surface area contributed by atoms with Gasteiger partial charge in [-0.1, -0.05) is 12.2 Å². The van der Waals surface area contributed by atoms with Crippen LogP contribution in [0.25, 0.3) is 10.9 Å². The Kier molecular flexibility index (Phi) is 8.42. The first-order valence-corrected chi connectivity index (χ1v) is 12.8. The van der Waals surface area contributed by atoms with E-state index in [2.05, 4.69) is 23.5 Å². The van der Waals surface area contributed by atoms with Gasteiger partial charge in [0.05, 0.1) is 24.4 Å². The third-order valence-electron chi connectivity index (χ3n) is 6.07. The maximum Gasteiger partial charge on any atom is 0.253 e. The molecule has 0 saturated heterocycles. The van der Waals surface area contributed by atoms with Gasteiger partial charge in [-0.2, -0.15) is 0 Å². The van der Waals surface area contributed by atoms with E-state index in [9.17, 15) is 4.79 Å². The lowest BCUT2D eigenvalue weighted by Gasteiger charge is -2.17. The van der Waals surface area contributed by atoms with E-state index < -0.39 is 0 Å². The predicted octanol–water partition coefficient (Wildman–Crippen LogP) is 4.36. The average Bonchev–Trinajstić information content (AvgIpc) is 3.32. The molecular formula is C26H33N3O3S. The fourth-order valence-corrected chi connectivity index (χ4v) is 5.36. The van der Waals surface area contributed by atoms with Crippen LogP contribution in [0.2, 0.25) is 0 Å². The standard InChI is InChI=1S/C26H33N3O3S/c1-19(31-2)29-24-18-21(10-8-20(24)9-11-26(29)30)32-16-4-3-13-27-14-15-28-23-6-5-7-25-22(23)12-17-33-25/h5-6,8-12,18-19,25,27H,3-4,7,13-17H2,1-2H3. The van der Waals surface area contributed by atoms with E-state index in [1.807, 2.05) is 43.0 Å². The number of hydrogen-bond acceptors (Lipinski definition) is 6. The van der Waals surface area contributed by atoms with Crippen molar-refractivity contribution in [1.82, 2.24) is 9.88 Å². The van der Waals surface area contributed by atoms with Crippen molar-refractivity contribution in [2.24, 2.45) is 4.99 Å². The van der Waals surface area contributed by atoms with Crippen molar-refractivity contribution in [3.05, 3.63) is 64.5 Å². The van der Waals surface area contributed by atoms with Crippen molar-refractivity contribution in [3.8, 4) is 5.75 Å². The van der Waals surface area contributed by atoms with E-state index in [-0.39, 0.29) is 11.8 Å². The molecule has 1 aromatic carbocycles. The lowest BCUT2D eigenvalue weighted by Crippen LogP contribution is -2.23. The van der Waals surface area contributed by atoms with Crippen LogP contribution >= 0.6 is 11.8 Å². The second-order valence-electron chi connectivity index (χ2n) is 8.29. The van der Waals surface area contributed by atoms with Gasteiger partial charge in [-0.05, 0) is 68.0 Å². The molecule has 0 amide bonds. The van der Waals surface area contributed by atoms with Crippen LogP contribution < -0.4 is 15.6 Å². The number of rotatable bonds is 11. The van der Waals surface area contributed by atoms with Crippen LogP contribution in [-0.4, -0.2) is 54.6 Å². The molecule has 4 rings (SSSR count). The van der Waals surface area contributed by atoms with Crippen LogP contribution in [0.5, 0.6) is 5.75 Å². The third-order valence-corrected chi connectivity index (χ3v) is 7.27. The van der Waals surface area contributed by atoms with Crippen molar-refractivity contribution < 1.29 is 9.47 Å². The lowest BCUT2D eigenvalue weighted by atomic mass is 9.98. The van der Waals surface area contributed by atoms with Crippen LogP contribution in [0.3, 0.4) is 0 Å². The summed E-state index contributed by atoms with van der Waals surface area (Å²) >= 11 is 2.01. The first kappa shape index (κ1) is 23.8. The summed E-state index contributed by atoms with van der Waals surface area (Å²) in [7, 11) is 1.60. The summed E-state index contributed by atoms with van der Waals surface area (Å²) in [5.41, 5.74) is 3.35. The molecule has 0 radical (unpaired) electrons. The molecule has 33 heavy (non-hydrogen) atoms. The summed E-state index contributed by atoms with van der Waals surface area (Å²) in [4.78, 5) is 17.1. The third kappa shape index (κ3) is 5.96. The monoisotopic (exact) mass is 467 g/mol. The largest absolute Gasteiger partial charge is 0.494 e. The van der Waals surface area contributed by atoms with E-state index in [0.29, 0.717) is 11.9 Å². The summed E-state index contributed by atoms with van der Waals surface area (Å²) in [5.74, 6) is 1.89. The number of aliphatic imine (C=N–C) groups is 1. The number of fused-ring (bicyclic) bond motifs is 2.